The van der Waals surface area contributed by atoms with Crippen LogP contribution < -0.4 is 10.1 Å². The number of halogens is 1. The number of fused-ring (bicyclic) bond motifs is 2. The van der Waals surface area contributed by atoms with Gasteiger partial charge in [0.25, 0.3) is 16.0 Å². The summed E-state index contributed by atoms with van der Waals surface area (Å²) in [6, 6.07) is 16.4. The third kappa shape index (κ3) is 6.21. The first kappa shape index (κ1) is 28.6. The van der Waals surface area contributed by atoms with E-state index in [-0.39, 0.29) is 10.5 Å². The SMILES string of the molecule is Cc1ccc(S(=O)(=O)OC[C@@]2(F)C[C@@H](C(=O)O)N(C(=O)CNC(=O)c3ccc4c(c3)Oc3ccccc3S4)C2)cc1. The van der Waals surface area contributed by atoms with E-state index in [4.69, 9.17) is 8.92 Å². The minimum absolute atomic E-state index is 0.175. The van der Waals surface area contributed by atoms with Gasteiger partial charge in [-0.2, -0.15) is 8.42 Å². The highest BCUT2D eigenvalue weighted by molar-refractivity contribution is 7.99. The predicted molar refractivity (Wildman–Crippen MR) is 145 cm³/mol. The maximum atomic E-state index is 15.6. The maximum Gasteiger partial charge on any atom is 0.326 e. The van der Waals surface area contributed by atoms with Gasteiger partial charge in [0.2, 0.25) is 5.91 Å². The molecule has 0 saturated carbocycles. The molecule has 2 amide bonds. The summed E-state index contributed by atoms with van der Waals surface area (Å²) in [5.74, 6) is -1.79. The number of likely N-dealkylation sites (tertiary alicyclic amines) is 1. The van der Waals surface area contributed by atoms with Crippen molar-refractivity contribution in [1.29, 1.82) is 0 Å². The fourth-order valence-electron chi connectivity index (χ4n) is 4.51. The average molecular weight is 601 g/mol. The van der Waals surface area contributed by atoms with Gasteiger partial charge in [-0.05, 0) is 49.4 Å². The second kappa shape index (κ2) is 11.1. The van der Waals surface area contributed by atoms with E-state index < -0.39 is 65.7 Å². The van der Waals surface area contributed by atoms with Crippen molar-refractivity contribution in [2.75, 3.05) is 19.7 Å². The highest BCUT2D eigenvalue weighted by atomic mass is 32.2. The fraction of sp³-hybridized carbons (Fsp3) is 0.250. The van der Waals surface area contributed by atoms with Gasteiger partial charge in [0.15, 0.2) is 5.67 Å². The minimum Gasteiger partial charge on any atom is -0.480 e. The number of alkyl halides is 1. The molecule has 214 valence electrons. The van der Waals surface area contributed by atoms with E-state index in [1.165, 1.54) is 30.0 Å². The standard InChI is InChI=1S/C28H25FN2O8S2/c1-17-6-9-19(10-7-17)41(36,37)38-16-28(29)13-20(27(34)35)31(15-28)25(32)14-30-26(33)18-8-11-24-22(12-18)39-21-4-2-3-5-23(21)40-24/h2-12,20H,13-16H2,1H3,(H,30,33)(H,34,35)/t20-,28+/m0/s1. The van der Waals surface area contributed by atoms with Crippen molar-refractivity contribution in [2.24, 2.45) is 0 Å². The molecule has 2 N–H and O–H groups in total. The van der Waals surface area contributed by atoms with Crippen LogP contribution in [0.3, 0.4) is 0 Å². The Kier molecular flexibility index (Phi) is 7.77. The van der Waals surface area contributed by atoms with E-state index in [1.807, 2.05) is 18.2 Å². The van der Waals surface area contributed by atoms with Crippen molar-refractivity contribution >= 4 is 39.7 Å². The zero-order valence-electron chi connectivity index (χ0n) is 21.7. The largest absolute Gasteiger partial charge is 0.480 e. The first-order chi connectivity index (χ1) is 19.4. The van der Waals surface area contributed by atoms with Crippen LogP contribution in [0.4, 0.5) is 4.39 Å². The summed E-state index contributed by atoms with van der Waals surface area (Å²) in [5.41, 5.74) is -1.41. The molecule has 13 heteroatoms. The van der Waals surface area contributed by atoms with E-state index in [2.05, 4.69) is 5.32 Å². The van der Waals surface area contributed by atoms with Gasteiger partial charge in [0.05, 0.1) is 27.8 Å². The highest BCUT2D eigenvalue weighted by Gasteiger charge is 2.50. The molecule has 0 radical (unpaired) electrons. The number of aliphatic carboxylic acids is 1. The molecule has 3 aromatic carbocycles. The summed E-state index contributed by atoms with van der Waals surface area (Å²) in [7, 11) is -4.31. The van der Waals surface area contributed by atoms with Crippen molar-refractivity contribution in [3.63, 3.8) is 0 Å². The van der Waals surface area contributed by atoms with Gasteiger partial charge in [0, 0.05) is 12.0 Å². The fourth-order valence-corrected chi connectivity index (χ4v) is 6.41. The van der Waals surface area contributed by atoms with Crippen molar-refractivity contribution in [1.82, 2.24) is 10.2 Å². The molecule has 0 aliphatic carbocycles. The van der Waals surface area contributed by atoms with Gasteiger partial charge in [0.1, 0.15) is 24.1 Å². The van der Waals surface area contributed by atoms with Crippen LogP contribution in [0.5, 0.6) is 11.5 Å². The third-order valence-electron chi connectivity index (χ3n) is 6.67. The molecule has 41 heavy (non-hydrogen) atoms. The van der Waals surface area contributed by atoms with Crippen LogP contribution in [0.25, 0.3) is 0 Å². The average Bonchev–Trinajstić information content (AvgIpc) is 3.32. The maximum absolute atomic E-state index is 15.6. The Balaban J connectivity index is 1.21. The van der Waals surface area contributed by atoms with Gasteiger partial charge in [-0.25, -0.2) is 9.18 Å². The number of hydrogen-bond acceptors (Lipinski definition) is 8. The van der Waals surface area contributed by atoms with Crippen LogP contribution >= 0.6 is 11.8 Å². The van der Waals surface area contributed by atoms with E-state index in [9.17, 15) is 27.9 Å². The number of nitrogens with zero attached hydrogens (tertiary/aromatic N) is 1. The number of amides is 2. The number of carboxylic acids is 1. The molecule has 1 saturated heterocycles. The van der Waals surface area contributed by atoms with Gasteiger partial charge in [-0.3, -0.25) is 13.8 Å². The molecule has 0 spiro atoms. The van der Waals surface area contributed by atoms with Gasteiger partial charge in [-0.15, -0.1) is 0 Å². The topological polar surface area (TPSA) is 139 Å². The summed E-state index contributed by atoms with van der Waals surface area (Å²) < 4.78 is 51.4. The Morgan fingerprint density at radius 2 is 1.80 bits per heavy atom. The number of carbonyl (C=O) groups excluding carboxylic acids is 2. The quantitative estimate of drug-likeness (QED) is 0.289. The summed E-state index contributed by atoms with van der Waals surface area (Å²) >= 11 is 1.49. The molecule has 0 unspecified atom stereocenters. The Morgan fingerprint density at radius 1 is 1.10 bits per heavy atom. The molecule has 5 rings (SSSR count). The Morgan fingerprint density at radius 3 is 2.54 bits per heavy atom. The summed E-state index contributed by atoms with van der Waals surface area (Å²) in [4.78, 5) is 39.8. The van der Waals surface area contributed by atoms with Crippen LogP contribution in [-0.2, 0) is 23.9 Å². The number of carboxylic acid groups (broad SMARTS) is 1. The number of nitrogens with one attached hydrogen (secondary N) is 1. The number of carbonyl (C=O) groups is 3. The second-order valence-corrected chi connectivity index (χ2v) is 12.5. The monoisotopic (exact) mass is 600 g/mol. The van der Waals surface area contributed by atoms with Crippen LogP contribution in [0.2, 0.25) is 0 Å². The zero-order valence-corrected chi connectivity index (χ0v) is 23.3. The van der Waals surface area contributed by atoms with Crippen LogP contribution in [-0.4, -0.2) is 67.6 Å². The van der Waals surface area contributed by atoms with Crippen molar-refractivity contribution in [3.8, 4) is 11.5 Å². The normalized spacial score (nSPS) is 19.6. The molecular weight excluding hydrogens is 575 g/mol. The van der Waals surface area contributed by atoms with Crippen molar-refractivity contribution < 1.29 is 41.2 Å². The first-order valence-electron chi connectivity index (χ1n) is 12.5. The lowest BCUT2D eigenvalue weighted by atomic mass is 10.0. The van der Waals surface area contributed by atoms with E-state index in [1.54, 1.807) is 37.3 Å². The van der Waals surface area contributed by atoms with Crippen LogP contribution in [0, 0.1) is 6.92 Å². The lowest BCUT2D eigenvalue weighted by molar-refractivity contribution is -0.147. The van der Waals surface area contributed by atoms with Gasteiger partial charge in [-0.1, -0.05) is 41.6 Å². The molecule has 10 nitrogen and oxygen atoms in total. The lowest BCUT2D eigenvalue weighted by Crippen LogP contribution is -2.46. The van der Waals surface area contributed by atoms with Crippen molar-refractivity contribution in [3.05, 3.63) is 77.9 Å². The van der Waals surface area contributed by atoms with Gasteiger partial charge < -0.3 is 20.1 Å². The zero-order chi connectivity index (χ0) is 29.4. The molecule has 0 aromatic heterocycles. The van der Waals surface area contributed by atoms with Gasteiger partial charge >= 0.3 is 5.97 Å². The number of hydrogen-bond donors (Lipinski definition) is 2. The molecule has 0 bridgehead atoms. The molecule has 1 fully saturated rings. The second-order valence-electron chi connectivity index (χ2n) is 9.76. The van der Waals surface area contributed by atoms with Crippen LogP contribution in [0.1, 0.15) is 22.3 Å². The van der Waals surface area contributed by atoms with Crippen LogP contribution in [0.15, 0.2) is 81.4 Å². The highest BCUT2D eigenvalue weighted by Crippen LogP contribution is 2.46. The molecule has 3 aromatic rings. The number of aryl methyl sites for hydroxylation is 1. The van der Waals surface area contributed by atoms with Crippen molar-refractivity contribution in [2.45, 2.75) is 39.7 Å². The molecule has 2 aliphatic heterocycles. The smallest absolute Gasteiger partial charge is 0.326 e. The molecule has 2 heterocycles. The predicted octanol–water partition coefficient (Wildman–Crippen LogP) is 3.78. The number of para-hydroxylation sites is 1. The summed E-state index contributed by atoms with van der Waals surface area (Å²) in [6.45, 7) is -0.520. The van der Waals surface area contributed by atoms with E-state index in [0.29, 0.717) is 11.5 Å². The van der Waals surface area contributed by atoms with E-state index in [0.717, 1.165) is 20.3 Å². The Labute approximate surface area is 239 Å². The summed E-state index contributed by atoms with van der Waals surface area (Å²) in [5, 5.41) is 12.0. The molecule has 2 atom stereocenters. The molecular formula is C28H25FN2O8S2. The minimum atomic E-state index is -4.31. The number of benzene rings is 3. The van der Waals surface area contributed by atoms with E-state index >= 15 is 4.39 Å². The Bertz CT molecular complexity index is 1630. The number of rotatable bonds is 8. The molecule has 2 aliphatic rings. The first-order valence-corrected chi connectivity index (χ1v) is 14.7. The summed E-state index contributed by atoms with van der Waals surface area (Å²) in [6.07, 6.45) is -0.674. The Hall–Kier alpha value is -3.94. The lowest BCUT2D eigenvalue weighted by Gasteiger charge is -2.22. The number of ether oxygens (including phenoxy) is 1. The third-order valence-corrected chi connectivity index (χ3v) is 9.06.